The summed E-state index contributed by atoms with van der Waals surface area (Å²) < 4.78 is 0. The lowest BCUT2D eigenvalue weighted by molar-refractivity contribution is 0.172. The molecular formula is C12H18Cl2N2. The highest BCUT2D eigenvalue weighted by Crippen LogP contribution is 2.37. The van der Waals surface area contributed by atoms with Crippen LogP contribution in [0.3, 0.4) is 0 Å². The maximum absolute atomic E-state index is 4.55. The molecule has 2 unspecified atom stereocenters. The fourth-order valence-electron chi connectivity index (χ4n) is 3.09. The van der Waals surface area contributed by atoms with Crippen LogP contribution in [0.1, 0.15) is 23.6 Å². The van der Waals surface area contributed by atoms with E-state index in [1.54, 1.807) is 0 Å². The molecule has 1 aliphatic heterocycles. The second-order valence-corrected chi connectivity index (χ2v) is 4.77. The molecule has 1 aromatic rings. The Morgan fingerprint density at radius 3 is 2.94 bits per heavy atom. The van der Waals surface area contributed by atoms with Crippen LogP contribution in [-0.2, 0) is 6.42 Å². The van der Waals surface area contributed by atoms with Gasteiger partial charge in [0.05, 0.1) is 0 Å². The number of aromatic nitrogens is 1. The molecule has 4 heteroatoms. The highest BCUT2D eigenvalue weighted by Gasteiger charge is 2.33. The molecule has 16 heavy (non-hydrogen) atoms. The lowest BCUT2D eigenvalue weighted by atomic mass is 9.76. The first-order chi connectivity index (χ1) is 6.83. The van der Waals surface area contributed by atoms with Gasteiger partial charge >= 0.3 is 0 Å². The average Bonchev–Trinajstić information content (AvgIpc) is 2.17. The van der Waals surface area contributed by atoms with E-state index in [1.807, 2.05) is 6.20 Å². The van der Waals surface area contributed by atoms with Crippen molar-refractivity contribution in [3.8, 4) is 0 Å². The quantitative estimate of drug-likeness (QED) is 0.713. The van der Waals surface area contributed by atoms with E-state index in [2.05, 4.69) is 29.1 Å². The molecule has 0 radical (unpaired) electrons. The number of likely N-dealkylation sites (tertiary alicyclic amines) is 1. The lowest BCUT2D eigenvalue weighted by Gasteiger charge is -2.40. The summed E-state index contributed by atoms with van der Waals surface area (Å²) in [5.74, 6) is 1.57. The molecule has 3 rings (SSSR count). The van der Waals surface area contributed by atoms with E-state index in [-0.39, 0.29) is 24.8 Å². The van der Waals surface area contributed by atoms with Crippen LogP contribution in [0, 0.1) is 5.92 Å². The second-order valence-electron chi connectivity index (χ2n) is 4.77. The monoisotopic (exact) mass is 260 g/mol. The lowest BCUT2D eigenvalue weighted by Crippen LogP contribution is -2.41. The van der Waals surface area contributed by atoms with E-state index in [0.29, 0.717) is 5.92 Å². The highest BCUT2D eigenvalue weighted by molar-refractivity contribution is 5.85. The van der Waals surface area contributed by atoms with Gasteiger partial charge in [-0.1, -0.05) is 6.07 Å². The molecule has 0 saturated carbocycles. The van der Waals surface area contributed by atoms with Crippen LogP contribution in [0.25, 0.3) is 0 Å². The van der Waals surface area contributed by atoms with Crippen molar-refractivity contribution in [2.45, 2.75) is 18.8 Å². The van der Waals surface area contributed by atoms with Crippen molar-refractivity contribution in [3.05, 3.63) is 29.6 Å². The van der Waals surface area contributed by atoms with Crippen LogP contribution < -0.4 is 0 Å². The van der Waals surface area contributed by atoms with Crippen molar-refractivity contribution in [1.29, 1.82) is 0 Å². The third-order valence-corrected chi connectivity index (χ3v) is 3.54. The van der Waals surface area contributed by atoms with Gasteiger partial charge in [-0.2, -0.15) is 0 Å². The molecule has 2 heterocycles. The zero-order valence-corrected chi connectivity index (χ0v) is 11.1. The van der Waals surface area contributed by atoms with Gasteiger partial charge in [0.2, 0.25) is 0 Å². The Kier molecular flexibility index (Phi) is 4.60. The van der Waals surface area contributed by atoms with Crippen LogP contribution in [0.15, 0.2) is 18.3 Å². The molecule has 2 atom stereocenters. The number of piperidine rings is 1. The maximum Gasteiger partial charge on any atom is 0.0479 e. The minimum atomic E-state index is 0. The van der Waals surface area contributed by atoms with Crippen molar-refractivity contribution in [2.75, 3.05) is 20.1 Å². The van der Waals surface area contributed by atoms with Crippen LogP contribution in [0.5, 0.6) is 0 Å². The van der Waals surface area contributed by atoms with Gasteiger partial charge in [-0.3, -0.25) is 4.98 Å². The number of nitrogens with zero attached hydrogens (tertiary/aromatic N) is 2. The van der Waals surface area contributed by atoms with E-state index < -0.39 is 0 Å². The number of rotatable bonds is 0. The molecule has 2 aliphatic rings. The van der Waals surface area contributed by atoms with Crippen molar-refractivity contribution in [3.63, 3.8) is 0 Å². The Morgan fingerprint density at radius 2 is 2.12 bits per heavy atom. The Hall–Kier alpha value is -0.310. The second kappa shape index (κ2) is 5.35. The first-order valence-corrected chi connectivity index (χ1v) is 5.45. The van der Waals surface area contributed by atoms with Crippen molar-refractivity contribution in [2.24, 2.45) is 5.92 Å². The molecule has 1 aromatic heterocycles. The largest absolute Gasteiger partial charge is 0.305 e. The van der Waals surface area contributed by atoms with Gasteiger partial charge in [0, 0.05) is 30.9 Å². The zero-order valence-electron chi connectivity index (χ0n) is 9.43. The predicted molar refractivity (Wildman–Crippen MR) is 70.8 cm³/mol. The number of halogens is 2. The van der Waals surface area contributed by atoms with Gasteiger partial charge in [0.15, 0.2) is 0 Å². The SMILES string of the molecule is CN1CC2Cc3cccnc3C(C2)C1.Cl.Cl. The van der Waals surface area contributed by atoms with Crippen molar-refractivity contribution < 1.29 is 0 Å². The summed E-state index contributed by atoms with van der Waals surface area (Å²) in [6, 6.07) is 4.33. The van der Waals surface area contributed by atoms with E-state index in [4.69, 9.17) is 0 Å². The normalized spacial score (nSPS) is 27.3. The number of pyridine rings is 1. The molecule has 0 N–H and O–H groups in total. The smallest absolute Gasteiger partial charge is 0.0479 e. The topological polar surface area (TPSA) is 16.1 Å². The summed E-state index contributed by atoms with van der Waals surface area (Å²) in [6.07, 6.45) is 4.53. The minimum Gasteiger partial charge on any atom is -0.305 e. The predicted octanol–water partition coefficient (Wildman–Crippen LogP) is 2.52. The Balaban J connectivity index is 0.000000640. The van der Waals surface area contributed by atoms with Gasteiger partial charge in [0.1, 0.15) is 0 Å². The fraction of sp³-hybridized carbons (Fsp3) is 0.583. The summed E-state index contributed by atoms with van der Waals surface area (Å²) in [5.41, 5.74) is 2.87. The summed E-state index contributed by atoms with van der Waals surface area (Å²) in [4.78, 5) is 7.00. The van der Waals surface area contributed by atoms with Gasteiger partial charge in [-0.15, -0.1) is 24.8 Å². The molecule has 2 bridgehead atoms. The molecule has 1 fully saturated rings. The highest BCUT2D eigenvalue weighted by atomic mass is 35.5. The molecule has 1 saturated heterocycles. The fourth-order valence-corrected chi connectivity index (χ4v) is 3.09. The van der Waals surface area contributed by atoms with Crippen LogP contribution in [0.2, 0.25) is 0 Å². The third kappa shape index (κ3) is 2.34. The van der Waals surface area contributed by atoms with Gasteiger partial charge in [-0.05, 0) is 37.4 Å². The summed E-state index contributed by atoms with van der Waals surface area (Å²) in [5, 5.41) is 0. The van der Waals surface area contributed by atoms with Gasteiger partial charge < -0.3 is 4.90 Å². The summed E-state index contributed by atoms with van der Waals surface area (Å²) >= 11 is 0. The molecule has 0 spiro atoms. The van der Waals surface area contributed by atoms with E-state index in [1.165, 1.54) is 37.2 Å². The molecule has 1 aliphatic carbocycles. The Morgan fingerprint density at radius 1 is 1.31 bits per heavy atom. The number of hydrogen-bond acceptors (Lipinski definition) is 2. The van der Waals surface area contributed by atoms with Crippen LogP contribution in [-0.4, -0.2) is 30.0 Å². The number of likely N-dealkylation sites (N-methyl/N-ethyl adjacent to an activating group) is 1. The summed E-state index contributed by atoms with van der Waals surface area (Å²) in [6.45, 7) is 2.46. The van der Waals surface area contributed by atoms with Crippen LogP contribution >= 0.6 is 24.8 Å². The van der Waals surface area contributed by atoms with Crippen molar-refractivity contribution in [1.82, 2.24) is 9.88 Å². The zero-order chi connectivity index (χ0) is 9.54. The average molecular weight is 261 g/mol. The molecular weight excluding hydrogens is 243 g/mol. The van der Waals surface area contributed by atoms with Crippen molar-refractivity contribution >= 4 is 24.8 Å². The first-order valence-electron chi connectivity index (χ1n) is 5.45. The van der Waals surface area contributed by atoms with Crippen LogP contribution in [0.4, 0.5) is 0 Å². The standard InChI is InChI=1S/C12H16N2.2ClH/c1-14-7-9-5-10-3-2-4-13-12(10)11(6-9)8-14;;/h2-4,9,11H,5-8H2,1H3;2*1H. The number of fused-ring (bicyclic) bond motifs is 4. The first kappa shape index (κ1) is 13.8. The van der Waals surface area contributed by atoms with Gasteiger partial charge in [0.25, 0.3) is 0 Å². The Bertz CT molecular complexity index is 357. The maximum atomic E-state index is 4.55. The molecule has 0 aromatic carbocycles. The van der Waals surface area contributed by atoms with Gasteiger partial charge in [-0.25, -0.2) is 0 Å². The van der Waals surface area contributed by atoms with E-state index in [9.17, 15) is 0 Å². The number of hydrogen-bond donors (Lipinski definition) is 0. The summed E-state index contributed by atoms with van der Waals surface area (Å²) in [7, 11) is 2.23. The molecule has 0 amide bonds. The molecule has 90 valence electrons. The minimum absolute atomic E-state index is 0. The van der Waals surface area contributed by atoms with E-state index in [0.717, 1.165) is 5.92 Å². The third-order valence-electron chi connectivity index (χ3n) is 3.54. The molecule has 2 nitrogen and oxygen atoms in total. The Labute approximate surface area is 109 Å². The van der Waals surface area contributed by atoms with E-state index >= 15 is 0 Å².